The molecule has 1 aromatic carbocycles. The SMILES string of the molecule is CCn1cc(C(=O)O)c(=O)c2cc(F)c(N3CCC(O)CC3)c(F)c21. The van der Waals surface area contributed by atoms with Crippen LogP contribution in [-0.2, 0) is 6.54 Å². The number of aliphatic hydroxyl groups excluding tert-OH is 1. The van der Waals surface area contributed by atoms with E-state index in [1.54, 1.807) is 6.92 Å². The van der Waals surface area contributed by atoms with E-state index in [-0.39, 0.29) is 23.1 Å². The summed E-state index contributed by atoms with van der Waals surface area (Å²) in [5.41, 5.74) is -1.79. The number of hydrogen-bond acceptors (Lipinski definition) is 4. The van der Waals surface area contributed by atoms with E-state index in [1.165, 1.54) is 9.47 Å². The number of aromatic carboxylic acids is 1. The van der Waals surface area contributed by atoms with Crippen molar-refractivity contribution >= 4 is 22.6 Å². The van der Waals surface area contributed by atoms with E-state index in [0.717, 1.165) is 12.3 Å². The first-order valence-electron chi connectivity index (χ1n) is 8.06. The molecule has 2 N–H and O–H groups in total. The van der Waals surface area contributed by atoms with Gasteiger partial charge in [0.2, 0.25) is 5.43 Å². The van der Waals surface area contributed by atoms with Gasteiger partial charge in [0.25, 0.3) is 0 Å². The van der Waals surface area contributed by atoms with Gasteiger partial charge >= 0.3 is 5.97 Å². The van der Waals surface area contributed by atoms with Crippen molar-refractivity contribution in [2.45, 2.75) is 32.4 Å². The summed E-state index contributed by atoms with van der Waals surface area (Å²) in [5.74, 6) is -3.24. The number of halogens is 2. The van der Waals surface area contributed by atoms with Crippen LogP contribution in [0.1, 0.15) is 30.1 Å². The Balaban J connectivity index is 2.28. The third-order valence-electron chi connectivity index (χ3n) is 4.58. The number of carboxylic acid groups (broad SMARTS) is 1. The number of hydrogen-bond donors (Lipinski definition) is 2. The van der Waals surface area contributed by atoms with Crippen LogP contribution in [0.25, 0.3) is 10.9 Å². The van der Waals surface area contributed by atoms with E-state index in [0.29, 0.717) is 25.9 Å². The maximum atomic E-state index is 15.1. The zero-order chi connectivity index (χ0) is 18.3. The molecule has 0 amide bonds. The van der Waals surface area contributed by atoms with Crippen molar-refractivity contribution in [3.8, 4) is 0 Å². The lowest BCUT2D eigenvalue weighted by Crippen LogP contribution is -2.37. The van der Waals surface area contributed by atoms with Gasteiger partial charge in [-0.2, -0.15) is 0 Å². The van der Waals surface area contributed by atoms with Crippen LogP contribution in [-0.4, -0.2) is 39.9 Å². The van der Waals surface area contributed by atoms with Gasteiger partial charge < -0.3 is 19.7 Å². The number of piperidine rings is 1. The quantitative estimate of drug-likeness (QED) is 0.882. The van der Waals surface area contributed by atoms with Crippen molar-refractivity contribution in [1.29, 1.82) is 0 Å². The third-order valence-corrected chi connectivity index (χ3v) is 4.58. The first kappa shape index (κ1) is 17.3. The van der Waals surface area contributed by atoms with Gasteiger partial charge in [0.1, 0.15) is 17.1 Å². The molecule has 6 nitrogen and oxygen atoms in total. The fraction of sp³-hybridized carbons (Fsp3) is 0.412. The molecule has 0 saturated carbocycles. The molecule has 0 radical (unpaired) electrons. The van der Waals surface area contributed by atoms with E-state index in [1.807, 2.05) is 0 Å². The van der Waals surface area contributed by atoms with Crippen molar-refractivity contribution in [2.75, 3.05) is 18.0 Å². The molecular formula is C17H18F2N2O4. The minimum Gasteiger partial charge on any atom is -0.477 e. The van der Waals surface area contributed by atoms with Gasteiger partial charge in [-0.25, -0.2) is 13.6 Å². The van der Waals surface area contributed by atoms with Crippen molar-refractivity contribution in [3.63, 3.8) is 0 Å². The Bertz CT molecular complexity index is 902. The van der Waals surface area contributed by atoms with Crippen LogP contribution in [0.4, 0.5) is 14.5 Å². The number of aliphatic hydroxyl groups is 1. The monoisotopic (exact) mass is 352 g/mol. The van der Waals surface area contributed by atoms with E-state index < -0.39 is 34.7 Å². The highest BCUT2D eigenvalue weighted by atomic mass is 19.1. The first-order valence-corrected chi connectivity index (χ1v) is 8.06. The van der Waals surface area contributed by atoms with E-state index >= 15 is 4.39 Å². The van der Waals surface area contributed by atoms with Gasteiger partial charge in [-0.15, -0.1) is 0 Å². The summed E-state index contributed by atoms with van der Waals surface area (Å²) >= 11 is 0. The molecule has 2 aromatic rings. The van der Waals surface area contributed by atoms with Gasteiger partial charge in [0.05, 0.1) is 17.0 Å². The summed E-state index contributed by atoms with van der Waals surface area (Å²) in [6.07, 6.45) is 1.39. The Hall–Kier alpha value is -2.48. The van der Waals surface area contributed by atoms with Gasteiger partial charge in [-0.1, -0.05) is 0 Å². The maximum absolute atomic E-state index is 15.1. The van der Waals surface area contributed by atoms with Crippen molar-refractivity contribution in [2.24, 2.45) is 0 Å². The van der Waals surface area contributed by atoms with Gasteiger partial charge in [-0.05, 0) is 25.8 Å². The molecule has 1 aromatic heterocycles. The lowest BCUT2D eigenvalue weighted by Gasteiger charge is -2.32. The molecule has 134 valence electrons. The Morgan fingerprint density at radius 1 is 1.32 bits per heavy atom. The highest BCUT2D eigenvalue weighted by Gasteiger charge is 2.27. The molecule has 1 aliphatic heterocycles. The topological polar surface area (TPSA) is 82.8 Å². The number of carbonyl (C=O) groups is 1. The predicted molar refractivity (Wildman–Crippen MR) is 88.2 cm³/mol. The molecule has 25 heavy (non-hydrogen) atoms. The Morgan fingerprint density at radius 3 is 2.52 bits per heavy atom. The van der Waals surface area contributed by atoms with Crippen molar-refractivity contribution in [1.82, 2.24) is 4.57 Å². The standard InChI is InChI=1S/C17H18F2N2O4/c1-2-20-8-11(17(24)25)16(23)10-7-12(18)15(13(19)14(10)20)21-5-3-9(22)4-6-21/h7-9,22H,2-6H2,1H3,(H,24,25). The number of benzene rings is 1. The lowest BCUT2D eigenvalue weighted by atomic mass is 10.0. The van der Waals surface area contributed by atoms with Crippen LogP contribution in [0, 0.1) is 11.6 Å². The Kier molecular flexibility index (Phi) is 4.47. The van der Waals surface area contributed by atoms with E-state index in [2.05, 4.69) is 0 Å². The summed E-state index contributed by atoms with van der Waals surface area (Å²) in [4.78, 5) is 25.0. The van der Waals surface area contributed by atoms with Gasteiger partial charge in [-0.3, -0.25) is 4.79 Å². The van der Waals surface area contributed by atoms with Crippen LogP contribution < -0.4 is 10.3 Å². The Labute approximate surface area is 141 Å². The number of fused-ring (bicyclic) bond motifs is 1. The van der Waals surface area contributed by atoms with Crippen LogP contribution in [0.2, 0.25) is 0 Å². The molecule has 0 aliphatic carbocycles. The van der Waals surface area contributed by atoms with Crippen LogP contribution in [0.15, 0.2) is 17.1 Å². The Morgan fingerprint density at radius 2 is 1.96 bits per heavy atom. The van der Waals surface area contributed by atoms with E-state index in [4.69, 9.17) is 5.11 Å². The number of nitrogens with zero attached hydrogens (tertiary/aromatic N) is 2. The number of carboxylic acids is 1. The summed E-state index contributed by atoms with van der Waals surface area (Å²) in [6.45, 7) is 2.49. The second kappa shape index (κ2) is 6.44. The molecule has 0 unspecified atom stereocenters. The first-order chi connectivity index (χ1) is 11.8. The summed E-state index contributed by atoms with van der Waals surface area (Å²) in [7, 11) is 0. The largest absolute Gasteiger partial charge is 0.477 e. The highest BCUT2D eigenvalue weighted by Crippen LogP contribution is 2.31. The zero-order valence-electron chi connectivity index (χ0n) is 13.6. The van der Waals surface area contributed by atoms with Crippen LogP contribution in [0.3, 0.4) is 0 Å². The number of anilines is 1. The smallest absolute Gasteiger partial charge is 0.341 e. The maximum Gasteiger partial charge on any atom is 0.341 e. The highest BCUT2D eigenvalue weighted by molar-refractivity contribution is 5.93. The summed E-state index contributed by atoms with van der Waals surface area (Å²) in [5, 5.41) is 18.4. The molecule has 3 rings (SSSR count). The van der Waals surface area contributed by atoms with Gasteiger partial charge in [0, 0.05) is 25.8 Å². The molecule has 0 atom stereocenters. The second-order valence-electron chi connectivity index (χ2n) is 6.10. The third kappa shape index (κ3) is 2.86. The molecule has 2 heterocycles. The number of aryl methyl sites for hydroxylation is 1. The fourth-order valence-electron chi connectivity index (χ4n) is 3.26. The predicted octanol–water partition coefficient (Wildman–Crippen LogP) is 1.96. The molecule has 0 bridgehead atoms. The fourth-order valence-corrected chi connectivity index (χ4v) is 3.26. The van der Waals surface area contributed by atoms with Crippen LogP contribution in [0.5, 0.6) is 0 Å². The van der Waals surface area contributed by atoms with Crippen LogP contribution >= 0.6 is 0 Å². The minimum atomic E-state index is -1.44. The second-order valence-corrected chi connectivity index (χ2v) is 6.10. The molecule has 1 aliphatic rings. The number of pyridine rings is 1. The van der Waals surface area contributed by atoms with Crippen molar-refractivity contribution < 1.29 is 23.8 Å². The summed E-state index contributed by atoms with van der Waals surface area (Å²) in [6, 6.07) is 0.902. The normalized spacial score (nSPS) is 15.8. The molecule has 0 spiro atoms. The van der Waals surface area contributed by atoms with Crippen molar-refractivity contribution in [3.05, 3.63) is 39.7 Å². The number of aromatic nitrogens is 1. The zero-order valence-corrected chi connectivity index (χ0v) is 13.6. The molecule has 8 heteroatoms. The minimum absolute atomic E-state index is 0.111. The summed E-state index contributed by atoms with van der Waals surface area (Å²) < 4.78 is 31.0. The molecular weight excluding hydrogens is 334 g/mol. The average Bonchev–Trinajstić information content (AvgIpc) is 2.57. The lowest BCUT2D eigenvalue weighted by molar-refractivity contribution is 0.0694. The molecule has 1 saturated heterocycles. The van der Waals surface area contributed by atoms with E-state index in [9.17, 15) is 19.1 Å². The average molecular weight is 352 g/mol. The molecule has 1 fully saturated rings. The van der Waals surface area contributed by atoms with Gasteiger partial charge in [0.15, 0.2) is 5.82 Å². The number of rotatable bonds is 3.